The molecule has 16 heavy (non-hydrogen) atoms. The predicted molar refractivity (Wildman–Crippen MR) is 70.3 cm³/mol. The maximum atomic E-state index is 6.09. The minimum atomic E-state index is 0.165. The molecule has 0 aromatic heterocycles. The number of nitrogens with two attached hydrogens (primary N) is 1. The molecule has 0 fully saturated rings. The first-order chi connectivity index (χ1) is 7.69. The first-order valence-electron chi connectivity index (χ1n) is 5.52. The molecule has 1 rings (SSSR count). The summed E-state index contributed by atoms with van der Waals surface area (Å²) < 4.78 is 0. The van der Waals surface area contributed by atoms with Crippen LogP contribution < -0.4 is 11.3 Å². The van der Waals surface area contributed by atoms with Crippen LogP contribution in [-0.4, -0.2) is 0 Å². The highest BCUT2D eigenvalue weighted by atomic mass is 35.5. The van der Waals surface area contributed by atoms with E-state index in [4.69, 9.17) is 17.4 Å². The van der Waals surface area contributed by atoms with Crippen molar-refractivity contribution in [3.63, 3.8) is 0 Å². The van der Waals surface area contributed by atoms with Gasteiger partial charge in [0.15, 0.2) is 0 Å². The van der Waals surface area contributed by atoms with Gasteiger partial charge in [0, 0.05) is 11.1 Å². The Bertz CT molecular complexity index is 350. The van der Waals surface area contributed by atoms with E-state index in [2.05, 4.69) is 18.1 Å². The molecule has 1 aromatic carbocycles. The molecule has 0 amide bonds. The quantitative estimate of drug-likeness (QED) is 0.345. The van der Waals surface area contributed by atoms with Crippen LogP contribution in [0.4, 0.5) is 0 Å². The maximum Gasteiger partial charge on any atom is 0.0460 e. The molecular weight excluding hydrogens is 220 g/mol. The lowest BCUT2D eigenvalue weighted by Crippen LogP contribution is -2.27. The van der Waals surface area contributed by atoms with Gasteiger partial charge in [-0.3, -0.25) is 11.3 Å². The summed E-state index contributed by atoms with van der Waals surface area (Å²) in [5.41, 5.74) is 5.06. The summed E-state index contributed by atoms with van der Waals surface area (Å²) in [6.45, 7) is 5.70. The predicted octanol–water partition coefficient (Wildman–Crippen LogP) is 3.51. The molecule has 0 radical (unpaired) electrons. The second-order valence-electron chi connectivity index (χ2n) is 3.95. The van der Waals surface area contributed by atoms with Gasteiger partial charge in [-0.25, -0.2) is 0 Å². The first-order valence-corrected chi connectivity index (χ1v) is 5.90. The number of allylic oxidation sites excluding steroid dienone is 1. The number of nitrogens with one attached hydrogen (secondary N) is 1. The summed E-state index contributed by atoms with van der Waals surface area (Å²) in [7, 11) is 0. The number of hydrogen-bond donors (Lipinski definition) is 2. The normalized spacial score (nSPS) is 12.4. The zero-order valence-corrected chi connectivity index (χ0v) is 10.4. The zero-order chi connectivity index (χ0) is 12.0. The van der Waals surface area contributed by atoms with Gasteiger partial charge in [-0.2, -0.15) is 0 Å². The standard InChI is InChI=1S/C13H19ClN2/c1-3-4-5-6-13(16-15)11-8-7-10(2)12(14)9-11/h3,7-9,13,16H,1,4-6,15H2,2H3. The molecule has 1 unspecified atom stereocenters. The number of unbranched alkanes of at least 4 members (excludes halogenated alkanes) is 1. The molecule has 0 spiro atoms. The van der Waals surface area contributed by atoms with E-state index in [1.165, 1.54) is 0 Å². The van der Waals surface area contributed by atoms with Crippen LogP contribution in [0.1, 0.15) is 36.4 Å². The molecule has 3 N–H and O–H groups in total. The molecule has 0 heterocycles. The van der Waals surface area contributed by atoms with Gasteiger partial charge in [0.2, 0.25) is 0 Å². The molecule has 0 bridgehead atoms. The van der Waals surface area contributed by atoms with Crippen molar-refractivity contribution in [1.29, 1.82) is 0 Å². The van der Waals surface area contributed by atoms with E-state index in [1.54, 1.807) is 0 Å². The average Bonchev–Trinajstić information content (AvgIpc) is 2.29. The van der Waals surface area contributed by atoms with Crippen LogP contribution in [0.15, 0.2) is 30.9 Å². The number of rotatable bonds is 6. The van der Waals surface area contributed by atoms with Crippen LogP contribution in [0.5, 0.6) is 0 Å². The fraction of sp³-hybridized carbons (Fsp3) is 0.385. The van der Waals surface area contributed by atoms with Crippen LogP contribution in [0, 0.1) is 6.92 Å². The fourth-order valence-electron chi connectivity index (χ4n) is 1.64. The maximum absolute atomic E-state index is 6.09. The van der Waals surface area contributed by atoms with Gasteiger partial charge in [0.05, 0.1) is 0 Å². The van der Waals surface area contributed by atoms with E-state index < -0.39 is 0 Å². The molecule has 0 saturated carbocycles. The lowest BCUT2D eigenvalue weighted by Gasteiger charge is -2.16. The molecule has 3 heteroatoms. The summed E-state index contributed by atoms with van der Waals surface area (Å²) in [5, 5.41) is 0.793. The Balaban J connectivity index is 2.70. The number of benzene rings is 1. The van der Waals surface area contributed by atoms with E-state index in [0.717, 1.165) is 35.4 Å². The van der Waals surface area contributed by atoms with Gasteiger partial charge in [-0.15, -0.1) is 6.58 Å². The van der Waals surface area contributed by atoms with Crippen LogP contribution >= 0.6 is 11.6 Å². The van der Waals surface area contributed by atoms with Crippen molar-refractivity contribution in [2.75, 3.05) is 0 Å². The van der Waals surface area contributed by atoms with Crippen molar-refractivity contribution < 1.29 is 0 Å². The fourth-order valence-corrected chi connectivity index (χ4v) is 1.83. The van der Waals surface area contributed by atoms with Gasteiger partial charge < -0.3 is 0 Å². The van der Waals surface area contributed by atoms with Crippen molar-refractivity contribution >= 4 is 11.6 Å². The highest BCUT2D eigenvalue weighted by Gasteiger charge is 2.09. The van der Waals surface area contributed by atoms with Gasteiger partial charge >= 0.3 is 0 Å². The molecule has 1 atom stereocenters. The Morgan fingerprint density at radius 1 is 1.56 bits per heavy atom. The summed E-state index contributed by atoms with van der Waals surface area (Å²) in [6.07, 6.45) is 5.00. The highest BCUT2D eigenvalue weighted by Crippen LogP contribution is 2.24. The third kappa shape index (κ3) is 3.63. The SMILES string of the molecule is C=CCCCC(NN)c1ccc(C)c(Cl)c1. The zero-order valence-electron chi connectivity index (χ0n) is 9.67. The van der Waals surface area contributed by atoms with E-state index in [1.807, 2.05) is 25.1 Å². The van der Waals surface area contributed by atoms with Crippen molar-refractivity contribution in [2.24, 2.45) is 5.84 Å². The van der Waals surface area contributed by atoms with Crippen LogP contribution in [-0.2, 0) is 0 Å². The Morgan fingerprint density at radius 2 is 2.31 bits per heavy atom. The van der Waals surface area contributed by atoms with Crippen molar-refractivity contribution in [3.8, 4) is 0 Å². The van der Waals surface area contributed by atoms with Gasteiger partial charge in [-0.1, -0.05) is 29.8 Å². The van der Waals surface area contributed by atoms with E-state index in [9.17, 15) is 0 Å². The molecule has 0 aliphatic heterocycles. The lowest BCUT2D eigenvalue weighted by atomic mass is 10.0. The molecule has 0 aliphatic carbocycles. The summed E-state index contributed by atoms with van der Waals surface area (Å²) >= 11 is 6.09. The Morgan fingerprint density at radius 3 is 2.88 bits per heavy atom. The molecule has 0 saturated heterocycles. The van der Waals surface area contributed by atoms with E-state index in [-0.39, 0.29) is 6.04 Å². The van der Waals surface area contributed by atoms with Gasteiger partial charge in [0.25, 0.3) is 0 Å². The van der Waals surface area contributed by atoms with Crippen LogP contribution in [0.3, 0.4) is 0 Å². The third-order valence-electron chi connectivity index (χ3n) is 2.70. The van der Waals surface area contributed by atoms with Gasteiger partial charge in [0.1, 0.15) is 0 Å². The van der Waals surface area contributed by atoms with E-state index >= 15 is 0 Å². The molecule has 0 aliphatic rings. The Hall–Kier alpha value is -0.830. The van der Waals surface area contributed by atoms with Crippen LogP contribution in [0.25, 0.3) is 0 Å². The monoisotopic (exact) mass is 238 g/mol. The Labute approximate surface area is 102 Å². The molecular formula is C13H19ClN2. The summed E-state index contributed by atoms with van der Waals surface area (Å²) in [6, 6.07) is 6.24. The Kier molecular flexibility index (Phi) is 5.53. The van der Waals surface area contributed by atoms with Crippen LogP contribution in [0.2, 0.25) is 5.02 Å². The molecule has 2 nitrogen and oxygen atoms in total. The first kappa shape index (κ1) is 13.2. The topological polar surface area (TPSA) is 38.0 Å². The summed E-state index contributed by atoms with van der Waals surface area (Å²) in [4.78, 5) is 0. The average molecular weight is 239 g/mol. The smallest absolute Gasteiger partial charge is 0.0460 e. The number of hydrazine groups is 1. The lowest BCUT2D eigenvalue weighted by molar-refractivity contribution is 0.501. The molecule has 88 valence electrons. The molecule has 1 aromatic rings. The highest BCUT2D eigenvalue weighted by molar-refractivity contribution is 6.31. The van der Waals surface area contributed by atoms with Gasteiger partial charge in [-0.05, 0) is 43.4 Å². The summed E-state index contributed by atoms with van der Waals surface area (Å²) in [5.74, 6) is 5.56. The third-order valence-corrected chi connectivity index (χ3v) is 3.11. The van der Waals surface area contributed by atoms with Crippen molar-refractivity contribution in [3.05, 3.63) is 47.0 Å². The number of aryl methyl sites for hydroxylation is 1. The van der Waals surface area contributed by atoms with E-state index in [0.29, 0.717) is 0 Å². The second-order valence-corrected chi connectivity index (χ2v) is 4.35. The van der Waals surface area contributed by atoms with Crippen molar-refractivity contribution in [1.82, 2.24) is 5.43 Å². The minimum absolute atomic E-state index is 0.165. The number of hydrogen-bond acceptors (Lipinski definition) is 2. The number of halogens is 1. The van der Waals surface area contributed by atoms with Crippen molar-refractivity contribution in [2.45, 2.75) is 32.2 Å². The minimum Gasteiger partial charge on any atom is -0.271 e. The second kappa shape index (κ2) is 6.69. The largest absolute Gasteiger partial charge is 0.271 e.